The first-order valence-corrected chi connectivity index (χ1v) is 8.31. The van der Waals surface area contributed by atoms with Crippen LogP contribution < -0.4 is 39.0 Å². The molecule has 0 amide bonds. The minimum absolute atomic E-state index is 0. The monoisotopic (exact) mass is 332 g/mol. The van der Waals surface area contributed by atoms with E-state index in [1.807, 2.05) is 10.8 Å². The second-order valence-corrected chi connectivity index (χ2v) is 6.92. The first kappa shape index (κ1) is 18.2. The maximum atomic E-state index is 10.8. The van der Waals surface area contributed by atoms with Crippen molar-refractivity contribution in [1.29, 1.82) is 0 Å². The van der Waals surface area contributed by atoms with Crippen LogP contribution in [0.4, 0.5) is 0 Å². The predicted molar refractivity (Wildman–Crippen MR) is 71.8 cm³/mol. The van der Waals surface area contributed by atoms with E-state index in [1.54, 1.807) is 0 Å². The van der Waals surface area contributed by atoms with Crippen LogP contribution in [0.3, 0.4) is 0 Å². The van der Waals surface area contributed by atoms with E-state index in [9.17, 15) is 8.42 Å². The summed E-state index contributed by atoms with van der Waals surface area (Å²) < 4.78 is 46.8. The largest absolute Gasteiger partial charge is 1.00 e. The van der Waals surface area contributed by atoms with Crippen LogP contribution in [-0.4, -0.2) is 44.1 Å². The summed E-state index contributed by atoms with van der Waals surface area (Å²) in [4.78, 5) is 0. The van der Waals surface area contributed by atoms with Crippen LogP contribution in [0.15, 0.2) is 10.8 Å². The number of ether oxygens (including phenoxy) is 3. The summed E-state index contributed by atoms with van der Waals surface area (Å²) in [5, 5.41) is 2.92. The normalized spacial score (nSPS) is 19.2. The van der Waals surface area contributed by atoms with Gasteiger partial charge in [0.05, 0.1) is 11.9 Å². The van der Waals surface area contributed by atoms with Crippen LogP contribution in [0.1, 0.15) is 14.8 Å². The zero-order valence-corrected chi connectivity index (χ0v) is 15.1. The fourth-order valence-corrected chi connectivity index (χ4v) is 2.62. The molecular weight excluding hydrogens is 315 g/mol. The second-order valence-electron chi connectivity index (χ2n) is 4.34. The molecule has 1 aliphatic rings. The van der Waals surface area contributed by atoms with Crippen LogP contribution in [0, 0.1) is 0 Å². The van der Waals surface area contributed by atoms with Gasteiger partial charge < -0.3 is 15.6 Å². The van der Waals surface area contributed by atoms with Crippen LogP contribution in [0.5, 0.6) is 11.5 Å². The van der Waals surface area contributed by atoms with Crippen LogP contribution in [0.25, 0.3) is 0 Å². The van der Waals surface area contributed by atoms with E-state index in [0.717, 1.165) is 11.5 Å². The van der Waals surface area contributed by atoms with Gasteiger partial charge in [0.25, 0.3) is 10.1 Å². The molecule has 1 N–H and O–H groups in total. The summed E-state index contributed by atoms with van der Waals surface area (Å²) >= 11 is 1.51. The zero-order chi connectivity index (χ0) is 13.9. The van der Waals surface area contributed by atoms with E-state index in [-0.39, 0.29) is 50.1 Å². The predicted octanol–water partition coefficient (Wildman–Crippen LogP) is -1.31. The molecule has 1 aromatic rings. The summed E-state index contributed by atoms with van der Waals surface area (Å²) in [5.41, 5.74) is 0. The standard InChI is InChI=1S/C11H16O6S2.Na.H/c1-8(19(12,13)14)2-3-15-4-9-5-16-10-6-18-7-11(10)17-9;;/h6-9H,2-5H2,1H3,(H,12,13,14);;/q;+1;-1. The molecule has 1 aliphatic heterocycles. The average molecular weight is 332 g/mol. The van der Waals surface area contributed by atoms with Gasteiger partial charge in [-0.3, -0.25) is 4.55 Å². The van der Waals surface area contributed by atoms with Gasteiger partial charge in [-0.05, 0) is 13.3 Å². The molecule has 1 aromatic heterocycles. The molecule has 0 spiro atoms. The molecular formula is C11H17NaO6S2. The number of thiophene rings is 1. The van der Waals surface area contributed by atoms with Gasteiger partial charge in [0.2, 0.25) is 0 Å². The molecule has 0 bridgehead atoms. The van der Waals surface area contributed by atoms with E-state index < -0.39 is 15.4 Å². The molecule has 0 saturated carbocycles. The van der Waals surface area contributed by atoms with Gasteiger partial charge in [-0.15, -0.1) is 11.3 Å². The SMILES string of the molecule is CC(CCOCC1COc2cscc2O1)S(=O)(=O)O.[H-].[Na+]. The van der Waals surface area contributed by atoms with E-state index in [4.69, 9.17) is 18.8 Å². The van der Waals surface area contributed by atoms with E-state index in [1.165, 1.54) is 18.3 Å². The maximum Gasteiger partial charge on any atom is 1.00 e. The zero-order valence-electron chi connectivity index (χ0n) is 12.4. The molecule has 0 saturated heterocycles. The van der Waals surface area contributed by atoms with Crippen molar-refractivity contribution in [3.63, 3.8) is 0 Å². The molecule has 110 valence electrons. The van der Waals surface area contributed by atoms with Crippen molar-refractivity contribution >= 4 is 21.5 Å². The van der Waals surface area contributed by atoms with Crippen molar-refractivity contribution in [2.75, 3.05) is 19.8 Å². The van der Waals surface area contributed by atoms with Crippen molar-refractivity contribution in [2.24, 2.45) is 0 Å². The Kier molecular flexibility index (Phi) is 7.27. The molecule has 0 fully saturated rings. The second kappa shape index (κ2) is 7.98. The van der Waals surface area contributed by atoms with Crippen LogP contribution in [0.2, 0.25) is 0 Å². The molecule has 0 radical (unpaired) electrons. The van der Waals surface area contributed by atoms with Gasteiger partial charge in [-0.2, -0.15) is 8.42 Å². The Morgan fingerprint density at radius 2 is 2.25 bits per heavy atom. The van der Waals surface area contributed by atoms with Crippen molar-refractivity contribution in [1.82, 2.24) is 0 Å². The Morgan fingerprint density at radius 3 is 2.95 bits per heavy atom. The summed E-state index contributed by atoms with van der Waals surface area (Å²) in [7, 11) is -3.98. The Labute approximate surface area is 145 Å². The summed E-state index contributed by atoms with van der Waals surface area (Å²) in [6.07, 6.45) is 0.0546. The van der Waals surface area contributed by atoms with Crippen LogP contribution >= 0.6 is 11.3 Å². The van der Waals surface area contributed by atoms with Crippen molar-refractivity contribution in [3.05, 3.63) is 10.8 Å². The third-order valence-corrected chi connectivity index (χ3v) is 4.75. The molecule has 2 atom stereocenters. The average Bonchev–Trinajstić information content (AvgIpc) is 2.80. The Balaban J connectivity index is 0.00000200. The molecule has 9 heteroatoms. The van der Waals surface area contributed by atoms with Crippen LogP contribution in [-0.2, 0) is 14.9 Å². The molecule has 2 unspecified atom stereocenters. The third-order valence-electron chi connectivity index (χ3n) is 2.79. The van der Waals surface area contributed by atoms with E-state index in [2.05, 4.69) is 0 Å². The van der Waals surface area contributed by atoms with Gasteiger partial charge in [0, 0.05) is 17.4 Å². The molecule has 2 rings (SSSR count). The van der Waals surface area contributed by atoms with Gasteiger partial charge in [0.1, 0.15) is 6.61 Å². The molecule has 20 heavy (non-hydrogen) atoms. The molecule has 0 aromatic carbocycles. The van der Waals surface area contributed by atoms with Gasteiger partial charge in [0.15, 0.2) is 17.6 Å². The molecule has 6 nitrogen and oxygen atoms in total. The van der Waals surface area contributed by atoms with Crippen molar-refractivity contribution in [3.8, 4) is 11.5 Å². The molecule has 0 aliphatic carbocycles. The summed E-state index contributed by atoms with van der Waals surface area (Å²) in [6, 6.07) is 0. The van der Waals surface area contributed by atoms with Gasteiger partial charge >= 0.3 is 29.6 Å². The van der Waals surface area contributed by atoms with Gasteiger partial charge in [-0.1, -0.05) is 0 Å². The number of hydrogen-bond donors (Lipinski definition) is 1. The smallest absolute Gasteiger partial charge is 1.00 e. The Bertz CT molecular complexity index is 521. The third kappa shape index (κ3) is 5.18. The summed E-state index contributed by atoms with van der Waals surface area (Å²) in [5.74, 6) is 1.47. The fourth-order valence-electron chi connectivity index (χ4n) is 1.56. The number of rotatable bonds is 6. The fraction of sp³-hybridized carbons (Fsp3) is 0.636. The van der Waals surface area contributed by atoms with Gasteiger partial charge in [-0.25, -0.2) is 0 Å². The Morgan fingerprint density at radius 1 is 1.55 bits per heavy atom. The van der Waals surface area contributed by atoms with Crippen molar-refractivity contribution in [2.45, 2.75) is 24.7 Å². The first-order chi connectivity index (χ1) is 8.97. The quantitative estimate of drug-likeness (QED) is 0.396. The van der Waals surface area contributed by atoms with E-state index >= 15 is 0 Å². The minimum atomic E-state index is -3.98. The number of fused-ring (bicyclic) bond motifs is 1. The molecule has 2 heterocycles. The first-order valence-electron chi connectivity index (χ1n) is 5.86. The topological polar surface area (TPSA) is 82.1 Å². The Hall–Kier alpha value is 0.170. The van der Waals surface area contributed by atoms with Crippen molar-refractivity contribution < 1.29 is 58.2 Å². The maximum absolute atomic E-state index is 10.8. The minimum Gasteiger partial charge on any atom is -1.00 e. The van der Waals surface area contributed by atoms with E-state index in [0.29, 0.717) is 13.2 Å². The summed E-state index contributed by atoms with van der Waals surface area (Å²) in [6.45, 7) is 2.43. The number of hydrogen-bond acceptors (Lipinski definition) is 6.